The molecule has 2 amide bonds. The Hall–Kier alpha value is -4.64. The number of hydrogen-bond acceptors (Lipinski definition) is 9. The van der Waals surface area contributed by atoms with Crippen LogP contribution in [0.15, 0.2) is 60.7 Å². The minimum Gasteiger partial charge on any atom is -0.482 e. The highest BCUT2D eigenvalue weighted by atomic mass is 16.6. The smallest absolute Gasteiger partial charge is 0.415 e. The summed E-state index contributed by atoms with van der Waals surface area (Å²) in [6.45, 7) is 3.54. The maximum absolute atomic E-state index is 12.5. The maximum atomic E-state index is 12.5. The van der Waals surface area contributed by atoms with Crippen LogP contribution in [0.4, 0.5) is 16.4 Å². The number of pyridine rings is 1. The average molecular weight is 547 g/mol. The van der Waals surface area contributed by atoms with E-state index in [-0.39, 0.29) is 25.2 Å². The third kappa shape index (κ3) is 6.67. The monoisotopic (exact) mass is 546 g/mol. The van der Waals surface area contributed by atoms with Crippen molar-refractivity contribution < 1.29 is 33.3 Å². The molecule has 2 aliphatic heterocycles. The zero-order valence-electron chi connectivity index (χ0n) is 22.1. The van der Waals surface area contributed by atoms with Crippen molar-refractivity contribution in [2.45, 2.75) is 26.0 Å². The molecule has 0 unspecified atom stereocenters. The number of benzene rings is 2. The fourth-order valence-corrected chi connectivity index (χ4v) is 4.43. The van der Waals surface area contributed by atoms with Crippen LogP contribution in [0.25, 0.3) is 11.1 Å². The average Bonchev–Trinajstić information content (AvgIpc) is 3.34. The second kappa shape index (κ2) is 12.5. The van der Waals surface area contributed by atoms with Crippen LogP contribution < -0.4 is 25.0 Å². The summed E-state index contributed by atoms with van der Waals surface area (Å²) >= 11 is 0. The van der Waals surface area contributed by atoms with E-state index >= 15 is 0 Å². The summed E-state index contributed by atoms with van der Waals surface area (Å²) in [6, 6.07) is 19.1. The molecule has 5 rings (SSSR count). The molecule has 11 nitrogen and oxygen atoms in total. The van der Waals surface area contributed by atoms with Crippen LogP contribution >= 0.6 is 0 Å². The van der Waals surface area contributed by atoms with Gasteiger partial charge in [0.25, 0.3) is 5.91 Å². The van der Waals surface area contributed by atoms with Gasteiger partial charge in [0.05, 0.1) is 13.2 Å². The van der Waals surface area contributed by atoms with Gasteiger partial charge >= 0.3 is 12.1 Å². The summed E-state index contributed by atoms with van der Waals surface area (Å²) in [5, 5.41) is 6.06. The first-order valence-corrected chi connectivity index (χ1v) is 13.1. The van der Waals surface area contributed by atoms with Gasteiger partial charge in [-0.05, 0) is 66.9 Å². The minimum absolute atomic E-state index is 0.0557. The van der Waals surface area contributed by atoms with E-state index in [1.807, 2.05) is 36.4 Å². The number of rotatable bonds is 11. The summed E-state index contributed by atoms with van der Waals surface area (Å²) in [5.41, 5.74) is 3.10. The molecular weight excluding hydrogens is 516 g/mol. The van der Waals surface area contributed by atoms with Gasteiger partial charge in [-0.1, -0.05) is 30.3 Å². The number of fused-ring (bicyclic) bond motifs is 1. The van der Waals surface area contributed by atoms with E-state index in [1.54, 1.807) is 25.1 Å². The van der Waals surface area contributed by atoms with Gasteiger partial charge < -0.3 is 29.6 Å². The maximum Gasteiger partial charge on any atom is 0.415 e. The van der Waals surface area contributed by atoms with E-state index in [2.05, 4.69) is 21.7 Å². The normalized spacial score (nSPS) is 16.0. The number of amides is 2. The SMILES string of the molecule is CCOC(=O)COc1cccc(-c2cccc(CNCC[C@H]3CN(c4ccc5c(n4)NC(=O)CO5)C(=O)O3)c2)c1. The summed E-state index contributed by atoms with van der Waals surface area (Å²) < 4.78 is 21.3. The molecule has 0 bridgehead atoms. The second-order valence-electron chi connectivity index (χ2n) is 9.26. The molecule has 0 spiro atoms. The van der Waals surface area contributed by atoms with Crippen molar-refractivity contribution in [3.05, 3.63) is 66.2 Å². The molecule has 208 valence electrons. The lowest BCUT2D eigenvalue weighted by Crippen LogP contribution is -2.29. The molecule has 2 aliphatic rings. The van der Waals surface area contributed by atoms with Gasteiger partial charge in [0, 0.05) is 6.54 Å². The zero-order valence-corrected chi connectivity index (χ0v) is 22.1. The lowest BCUT2D eigenvalue weighted by atomic mass is 10.0. The van der Waals surface area contributed by atoms with E-state index in [1.165, 1.54) is 4.90 Å². The van der Waals surface area contributed by atoms with E-state index < -0.39 is 12.1 Å². The highest BCUT2D eigenvalue weighted by Gasteiger charge is 2.33. The van der Waals surface area contributed by atoms with Gasteiger partial charge in [-0.3, -0.25) is 9.69 Å². The van der Waals surface area contributed by atoms with Crippen LogP contribution in [0.2, 0.25) is 0 Å². The molecule has 0 radical (unpaired) electrons. The first-order valence-electron chi connectivity index (χ1n) is 13.1. The van der Waals surface area contributed by atoms with E-state index in [4.69, 9.17) is 18.9 Å². The van der Waals surface area contributed by atoms with E-state index in [0.29, 0.717) is 55.8 Å². The number of hydrogen-bond donors (Lipinski definition) is 2. The molecule has 3 heterocycles. The molecule has 2 aromatic carbocycles. The predicted octanol–water partition coefficient (Wildman–Crippen LogP) is 3.53. The third-order valence-corrected chi connectivity index (χ3v) is 6.34. The molecule has 2 N–H and O–H groups in total. The summed E-state index contributed by atoms with van der Waals surface area (Å²) in [4.78, 5) is 41.4. The number of anilines is 2. The van der Waals surface area contributed by atoms with Crippen LogP contribution in [-0.4, -0.2) is 62.0 Å². The Morgan fingerprint density at radius 3 is 2.80 bits per heavy atom. The number of nitrogens with one attached hydrogen (secondary N) is 2. The Labute approximate surface area is 231 Å². The van der Waals surface area contributed by atoms with Crippen LogP contribution in [-0.2, 0) is 25.6 Å². The zero-order chi connectivity index (χ0) is 27.9. The molecule has 1 fully saturated rings. The van der Waals surface area contributed by atoms with Gasteiger partial charge in [0.15, 0.2) is 24.8 Å². The van der Waals surface area contributed by atoms with Crippen molar-refractivity contribution in [1.29, 1.82) is 0 Å². The molecule has 3 aromatic rings. The summed E-state index contributed by atoms with van der Waals surface area (Å²) in [6.07, 6.45) is -0.124. The molecule has 0 aliphatic carbocycles. The summed E-state index contributed by atoms with van der Waals surface area (Å²) in [5.74, 6) is 1.07. The highest BCUT2D eigenvalue weighted by molar-refractivity contribution is 5.95. The minimum atomic E-state index is -0.471. The van der Waals surface area contributed by atoms with Crippen LogP contribution in [0.3, 0.4) is 0 Å². The number of nitrogens with zero attached hydrogens (tertiary/aromatic N) is 2. The fraction of sp³-hybridized carbons (Fsp3) is 0.310. The first-order chi connectivity index (χ1) is 19.5. The highest BCUT2D eigenvalue weighted by Crippen LogP contribution is 2.30. The Balaban J connectivity index is 1.11. The standard InChI is InChI=1S/C29H30N4O7/c1-2-37-27(35)18-38-22-8-4-7-21(14-22)20-6-3-5-19(13-20)15-30-12-11-23-16-33(29(36)40-23)25-10-9-24-28(31-25)32-26(34)17-39-24/h3-10,13-14,23,30H,2,11-12,15-18H2,1H3,(H,31,32,34)/t23-/m0/s1. The molecule has 1 saturated heterocycles. The first kappa shape index (κ1) is 26.9. The van der Waals surface area contributed by atoms with E-state index in [0.717, 1.165) is 16.7 Å². The molecule has 11 heteroatoms. The molecule has 40 heavy (non-hydrogen) atoms. The largest absolute Gasteiger partial charge is 0.482 e. The van der Waals surface area contributed by atoms with Gasteiger partial charge in [-0.2, -0.15) is 0 Å². The lowest BCUT2D eigenvalue weighted by molar-refractivity contribution is -0.145. The summed E-state index contributed by atoms with van der Waals surface area (Å²) in [7, 11) is 0. The molecule has 1 atom stereocenters. The van der Waals surface area contributed by atoms with Crippen LogP contribution in [0.1, 0.15) is 18.9 Å². The molecular formula is C29H30N4O7. The quantitative estimate of drug-likeness (QED) is 0.274. The van der Waals surface area contributed by atoms with E-state index in [9.17, 15) is 14.4 Å². The number of esters is 1. The predicted molar refractivity (Wildman–Crippen MR) is 146 cm³/mol. The van der Waals surface area contributed by atoms with Gasteiger partial charge in [-0.15, -0.1) is 0 Å². The Morgan fingerprint density at radius 2 is 1.95 bits per heavy atom. The van der Waals surface area contributed by atoms with Crippen LogP contribution in [0, 0.1) is 0 Å². The van der Waals surface area contributed by atoms with Crippen molar-refractivity contribution in [2.24, 2.45) is 0 Å². The number of cyclic esters (lactones) is 1. The van der Waals surface area contributed by atoms with Crippen molar-refractivity contribution in [2.75, 3.05) is 43.1 Å². The van der Waals surface area contributed by atoms with Crippen molar-refractivity contribution in [3.63, 3.8) is 0 Å². The number of carbonyl (C=O) groups excluding carboxylic acids is 3. The van der Waals surface area contributed by atoms with Crippen molar-refractivity contribution >= 4 is 29.6 Å². The third-order valence-electron chi connectivity index (χ3n) is 6.34. The lowest BCUT2D eigenvalue weighted by Gasteiger charge is -2.19. The second-order valence-corrected chi connectivity index (χ2v) is 9.26. The Kier molecular flexibility index (Phi) is 8.41. The van der Waals surface area contributed by atoms with Crippen LogP contribution in [0.5, 0.6) is 11.5 Å². The molecule has 1 aromatic heterocycles. The topological polar surface area (TPSA) is 128 Å². The Bertz CT molecular complexity index is 1400. The molecule has 0 saturated carbocycles. The number of aromatic nitrogens is 1. The van der Waals surface area contributed by atoms with Crippen molar-refractivity contribution in [3.8, 4) is 22.6 Å². The fourth-order valence-electron chi connectivity index (χ4n) is 4.43. The number of carbonyl (C=O) groups is 3. The number of ether oxygens (including phenoxy) is 4. The van der Waals surface area contributed by atoms with Gasteiger partial charge in [-0.25, -0.2) is 14.6 Å². The van der Waals surface area contributed by atoms with Gasteiger partial charge in [0.2, 0.25) is 0 Å². The Morgan fingerprint density at radius 1 is 1.12 bits per heavy atom. The van der Waals surface area contributed by atoms with Gasteiger partial charge in [0.1, 0.15) is 17.7 Å². The van der Waals surface area contributed by atoms with Crippen molar-refractivity contribution in [1.82, 2.24) is 10.3 Å².